The van der Waals surface area contributed by atoms with Crippen LogP contribution in [0.5, 0.6) is 0 Å². The molecule has 0 radical (unpaired) electrons. The molecule has 7 nitrogen and oxygen atoms in total. The van der Waals surface area contributed by atoms with Gasteiger partial charge in [-0.25, -0.2) is 4.98 Å². The number of carboxylic acid groups (broad SMARTS) is 1. The van der Waals surface area contributed by atoms with E-state index in [1.54, 1.807) is 12.5 Å². The fourth-order valence-corrected chi connectivity index (χ4v) is 3.19. The summed E-state index contributed by atoms with van der Waals surface area (Å²) in [6, 6.07) is 5.82. The molecule has 4 heterocycles. The van der Waals surface area contributed by atoms with Gasteiger partial charge in [0.25, 0.3) is 0 Å². The molecule has 0 bridgehead atoms. The van der Waals surface area contributed by atoms with Crippen molar-refractivity contribution in [2.24, 2.45) is 0 Å². The summed E-state index contributed by atoms with van der Waals surface area (Å²) in [5.41, 5.74) is 2.76. The number of aliphatic carboxylic acids is 1. The first-order valence-electron chi connectivity index (χ1n) is 8.05. The molecule has 3 aromatic heterocycles. The monoisotopic (exact) mass is 326 g/mol. The van der Waals surface area contributed by atoms with Gasteiger partial charge in [-0.05, 0) is 24.6 Å². The molecule has 0 amide bonds. The number of anilines is 1. The molecule has 1 N–H and O–H groups in total. The fraction of sp³-hybridized carbons (Fsp3) is 0.353. The van der Waals surface area contributed by atoms with Crippen molar-refractivity contribution in [1.82, 2.24) is 14.8 Å². The summed E-state index contributed by atoms with van der Waals surface area (Å²) in [5.74, 6) is 0.124. The molecule has 0 spiro atoms. The Morgan fingerprint density at radius 2 is 2.25 bits per heavy atom. The van der Waals surface area contributed by atoms with Gasteiger partial charge in [0.05, 0.1) is 36.0 Å². The van der Waals surface area contributed by atoms with Crippen LogP contribution in [0, 0.1) is 0 Å². The molecule has 24 heavy (non-hydrogen) atoms. The molecule has 0 aliphatic carbocycles. The number of pyridine rings is 1. The van der Waals surface area contributed by atoms with E-state index < -0.39 is 5.97 Å². The zero-order chi connectivity index (χ0) is 16.5. The Hall–Kier alpha value is -2.83. The Morgan fingerprint density at radius 1 is 1.33 bits per heavy atom. The SMILES string of the molecule is O=C(O)CCc1cc2n(n1)CCCN(c1nccc3occc13)C2. The van der Waals surface area contributed by atoms with Gasteiger partial charge in [-0.15, -0.1) is 0 Å². The van der Waals surface area contributed by atoms with Crippen LogP contribution >= 0.6 is 0 Å². The predicted molar refractivity (Wildman–Crippen MR) is 87.9 cm³/mol. The van der Waals surface area contributed by atoms with Gasteiger partial charge in [0.15, 0.2) is 0 Å². The molecule has 1 aliphatic heterocycles. The Labute approximate surface area is 138 Å². The molecular weight excluding hydrogens is 308 g/mol. The van der Waals surface area contributed by atoms with Crippen molar-refractivity contribution in [1.29, 1.82) is 0 Å². The average Bonchev–Trinajstić information content (AvgIpc) is 3.14. The van der Waals surface area contributed by atoms with Gasteiger partial charge < -0.3 is 14.4 Å². The maximum absolute atomic E-state index is 10.7. The number of nitrogens with zero attached hydrogens (tertiary/aromatic N) is 4. The third-order valence-corrected chi connectivity index (χ3v) is 4.32. The Morgan fingerprint density at radius 3 is 3.12 bits per heavy atom. The van der Waals surface area contributed by atoms with Crippen molar-refractivity contribution in [2.75, 3.05) is 11.4 Å². The highest BCUT2D eigenvalue weighted by atomic mass is 16.4. The first-order valence-corrected chi connectivity index (χ1v) is 8.05. The molecule has 4 rings (SSSR count). The van der Waals surface area contributed by atoms with Crippen LogP contribution in [-0.2, 0) is 24.3 Å². The minimum atomic E-state index is -0.796. The van der Waals surface area contributed by atoms with Crippen molar-refractivity contribution in [3.05, 3.63) is 42.0 Å². The molecule has 0 fully saturated rings. The van der Waals surface area contributed by atoms with Crippen LogP contribution in [0.2, 0.25) is 0 Å². The molecule has 1 aliphatic rings. The van der Waals surface area contributed by atoms with Crippen LogP contribution in [-0.4, -0.2) is 32.4 Å². The second kappa shape index (κ2) is 5.99. The van der Waals surface area contributed by atoms with Crippen molar-refractivity contribution >= 4 is 22.8 Å². The van der Waals surface area contributed by atoms with Gasteiger partial charge >= 0.3 is 5.97 Å². The van der Waals surface area contributed by atoms with E-state index in [9.17, 15) is 4.79 Å². The van der Waals surface area contributed by atoms with E-state index >= 15 is 0 Å². The van der Waals surface area contributed by atoms with Crippen molar-refractivity contribution in [3.63, 3.8) is 0 Å². The smallest absolute Gasteiger partial charge is 0.303 e. The van der Waals surface area contributed by atoms with Crippen molar-refractivity contribution in [2.45, 2.75) is 32.4 Å². The minimum Gasteiger partial charge on any atom is -0.481 e. The molecule has 0 aromatic carbocycles. The third-order valence-electron chi connectivity index (χ3n) is 4.32. The number of aryl methyl sites for hydroxylation is 2. The second-order valence-corrected chi connectivity index (χ2v) is 5.99. The number of hydrogen-bond acceptors (Lipinski definition) is 5. The van der Waals surface area contributed by atoms with Gasteiger partial charge in [-0.2, -0.15) is 5.10 Å². The van der Waals surface area contributed by atoms with Gasteiger partial charge in [-0.3, -0.25) is 9.48 Å². The lowest BCUT2D eigenvalue weighted by molar-refractivity contribution is -0.136. The van der Waals surface area contributed by atoms with Crippen LogP contribution in [0.15, 0.2) is 35.1 Å². The highest BCUT2D eigenvalue weighted by Gasteiger charge is 2.20. The summed E-state index contributed by atoms with van der Waals surface area (Å²) in [6.07, 6.45) is 4.98. The summed E-state index contributed by atoms with van der Waals surface area (Å²) in [5, 5.41) is 14.4. The molecule has 7 heteroatoms. The molecule has 0 saturated heterocycles. The number of fused-ring (bicyclic) bond motifs is 2. The lowest BCUT2D eigenvalue weighted by Gasteiger charge is -2.21. The topological polar surface area (TPSA) is 84.4 Å². The van der Waals surface area contributed by atoms with Gasteiger partial charge in [0.2, 0.25) is 0 Å². The lowest BCUT2D eigenvalue weighted by Crippen LogP contribution is -2.23. The number of carboxylic acids is 1. The molecule has 124 valence electrons. The van der Waals surface area contributed by atoms with Gasteiger partial charge in [0.1, 0.15) is 11.4 Å². The van der Waals surface area contributed by atoms with Crippen LogP contribution in [0.3, 0.4) is 0 Å². The molecule has 3 aromatic rings. The van der Waals surface area contributed by atoms with E-state index in [-0.39, 0.29) is 6.42 Å². The van der Waals surface area contributed by atoms with E-state index in [0.29, 0.717) is 13.0 Å². The quantitative estimate of drug-likeness (QED) is 0.793. The van der Waals surface area contributed by atoms with Gasteiger partial charge in [0, 0.05) is 25.7 Å². The normalized spacial score (nSPS) is 14.6. The fourth-order valence-electron chi connectivity index (χ4n) is 3.19. The lowest BCUT2D eigenvalue weighted by atomic mass is 10.2. The van der Waals surface area contributed by atoms with E-state index in [1.807, 2.05) is 22.9 Å². The van der Waals surface area contributed by atoms with Crippen LogP contribution in [0.4, 0.5) is 5.82 Å². The molecular formula is C17H18N4O3. The first-order chi connectivity index (χ1) is 11.7. The molecule has 0 unspecified atom stereocenters. The maximum atomic E-state index is 10.7. The summed E-state index contributed by atoms with van der Waals surface area (Å²) >= 11 is 0. The third kappa shape index (κ3) is 2.73. The zero-order valence-corrected chi connectivity index (χ0v) is 13.2. The van der Waals surface area contributed by atoms with E-state index in [0.717, 1.165) is 47.7 Å². The highest BCUT2D eigenvalue weighted by molar-refractivity contribution is 5.88. The number of aromatic nitrogens is 3. The van der Waals surface area contributed by atoms with Gasteiger partial charge in [-0.1, -0.05) is 0 Å². The average molecular weight is 326 g/mol. The zero-order valence-electron chi connectivity index (χ0n) is 13.2. The molecule has 0 saturated carbocycles. The Kier molecular flexibility index (Phi) is 3.68. The summed E-state index contributed by atoms with van der Waals surface area (Å²) in [4.78, 5) is 17.5. The van der Waals surface area contributed by atoms with E-state index in [1.165, 1.54) is 0 Å². The number of hydrogen-bond donors (Lipinski definition) is 1. The number of rotatable bonds is 4. The predicted octanol–water partition coefficient (Wildman–Crippen LogP) is 2.45. The van der Waals surface area contributed by atoms with Crippen molar-refractivity contribution < 1.29 is 14.3 Å². The second-order valence-electron chi connectivity index (χ2n) is 5.99. The molecule has 0 atom stereocenters. The Bertz CT molecular complexity index is 883. The van der Waals surface area contributed by atoms with Crippen LogP contribution in [0.1, 0.15) is 24.2 Å². The standard InChI is InChI=1S/C17H18N4O3/c22-16(23)3-2-12-10-13-11-20(7-1-8-21(13)19-12)17-14-5-9-24-15(14)4-6-18-17/h4-6,9-10H,1-3,7-8,11H2,(H,22,23). The number of carbonyl (C=O) groups is 1. The Balaban J connectivity index is 1.61. The minimum absolute atomic E-state index is 0.107. The van der Waals surface area contributed by atoms with E-state index in [2.05, 4.69) is 15.0 Å². The van der Waals surface area contributed by atoms with Crippen molar-refractivity contribution in [3.8, 4) is 0 Å². The maximum Gasteiger partial charge on any atom is 0.303 e. The number of furan rings is 1. The summed E-state index contributed by atoms with van der Waals surface area (Å²) in [7, 11) is 0. The highest BCUT2D eigenvalue weighted by Crippen LogP contribution is 2.28. The van der Waals surface area contributed by atoms with Crippen LogP contribution < -0.4 is 4.90 Å². The summed E-state index contributed by atoms with van der Waals surface area (Å²) in [6.45, 7) is 2.43. The van der Waals surface area contributed by atoms with Crippen LogP contribution in [0.25, 0.3) is 11.0 Å². The largest absolute Gasteiger partial charge is 0.481 e. The first kappa shape index (κ1) is 14.7. The van der Waals surface area contributed by atoms with E-state index in [4.69, 9.17) is 9.52 Å². The summed E-state index contributed by atoms with van der Waals surface area (Å²) < 4.78 is 7.46.